The Morgan fingerprint density at radius 3 is 2.76 bits per heavy atom. The van der Waals surface area contributed by atoms with Crippen LogP contribution in [0.2, 0.25) is 0 Å². The minimum absolute atomic E-state index is 0.248. The monoisotopic (exact) mass is 345 g/mol. The van der Waals surface area contributed by atoms with Crippen LogP contribution >= 0.6 is 0 Å². The Morgan fingerprint density at radius 1 is 1.36 bits per heavy atom. The van der Waals surface area contributed by atoms with E-state index in [1.54, 1.807) is 4.90 Å². The maximum atomic E-state index is 12.5. The molecule has 1 saturated heterocycles. The Morgan fingerprint density at radius 2 is 2.12 bits per heavy atom. The zero-order chi connectivity index (χ0) is 18.2. The summed E-state index contributed by atoms with van der Waals surface area (Å²) in [7, 11) is 2.17. The maximum Gasteiger partial charge on any atom is 0.414 e. The van der Waals surface area contributed by atoms with E-state index in [0.717, 1.165) is 44.6 Å². The van der Waals surface area contributed by atoms with Gasteiger partial charge in [-0.3, -0.25) is 9.80 Å². The second-order valence-corrected chi connectivity index (χ2v) is 8.42. The summed E-state index contributed by atoms with van der Waals surface area (Å²) < 4.78 is 5.57. The van der Waals surface area contributed by atoms with Crippen LogP contribution in [0.5, 0.6) is 0 Å². The Kier molecular flexibility index (Phi) is 5.07. The molecule has 2 aliphatic rings. The Hall–Kier alpha value is -1.59. The van der Waals surface area contributed by atoms with E-state index < -0.39 is 5.60 Å². The van der Waals surface area contributed by atoms with Crippen molar-refractivity contribution in [2.24, 2.45) is 11.7 Å². The molecule has 1 fully saturated rings. The Bertz CT molecular complexity index is 638. The lowest BCUT2D eigenvalue weighted by atomic mass is 9.94. The van der Waals surface area contributed by atoms with Crippen molar-refractivity contribution in [3.8, 4) is 0 Å². The van der Waals surface area contributed by atoms with Gasteiger partial charge in [0.05, 0.1) is 5.69 Å². The first kappa shape index (κ1) is 18.2. The van der Waals surface area contributed by atoms with Gasteiger partial charge in [0.2, 0.25) is 0 Å². The first-order valence-corrected chi connectivity index (χ1v) is 9.32. The zero-order valence-electron chi connectivity index (χ0n) is 15.9. The van der Waals surface area contributed by atoms with Gasteiger partial charge < -0.3 is 10.5 Å². The number of anilines is 1. The summed E-state index contributed by atoms with van der Waals surface area (Å²) >= 11 is 0. The van der Waals surface area contributed by atoms with Gasteiger partial charge in [0, 0.05) is 19.1 Å². The molecule has 1 aromatic rings. The third-order valence-electron chi connectivity index (χ3n) is 5.19. The van der Waals surface area contributed by atoms with Gasteiger partial charge in [-0.15, -0.1) is 0 Å². The molecule has 0 bridgehead atoms. The molecule has 0 spiro atoms. The number of nitrogens with zero attached hydrogens (tertiary/aromatic N) is 2. The number of nitrogens with two attached hydrogens (primary N) is 1. The smallest absolute Gasteiger partial charge is 0.414 e. The SMILES string of the molecule is CN1CC(CN)CC1c1ccc2c(c1)CCCN2C(=O)OC(C)(C)C. The third-order valence-corrected chi connectivity index (χ3v) is 5.19. The van der Waals surface area contributed by atoms with E-state index in [2.05, 4.69) is 30.1 Å². The standard InChI is InChI=1S/C20H31N3O2/c1-20(2,3)25-19(24)23-9-5-6-15-11-16(7-8-17(15)23)18-10-14(12-21)13-22(18)4/h7-8,11,14,18H,5-6,9-10,12-13,21H2,1-4H3. The number of rotatable bonds is 2. The van der Waals surface area contributed by atoms with Gasteiger partial charge >= 0.3 is 6.09 Å². The lowest BCUT2D eigenvalue weighted by Crippen LogP contribution is -2.39. The maximum absolute atomic E-state index is 12.5. The summed E-state index contributed by atoms with van der Waals surface area (Å²) in [6, 6.07) is 6.97. The van der Waals surface area contributed by atoms with Crippen molar-refractivity contribution in [1.82, 2.24) is 4.90 Å². The number of likely N-dealkylation sites (tertiary alicyclic amines) is 1. The number of carbonyl (C=O) groups is 1. The van der Waals surface area contributed by atoms with Crippen molar-refractivity contribution in [2.75, 3.05) is 31.6 Å². The predicted molar refractivity (Wildman–Crippen MR) is 101 cm³/mol. The predicted octanol–water partition coefficient (Wildman–Crippen LogP) is 3.33. The second kappa shape index (κ2) is 6.96. The Labute approximate surface area is 151 Å². The van der Waals surface area contributed by atoms with E-state index in [0.29, 0.717) is 12.0 Å². The summed E-state index contributed by atoms with van der Waals surface area (Å²) in [6.45, 7) is 8.24. The lowest BCUT2D eigenvalue weighted by Gasteiger charge is -2.32. The number of amides is 1. The molecule has 2 N–H and O–H groups in total. The summed E-state index contributed by atoms with van der Waals surface area (Å²) in [6.07, 6.45) is 2.85. The van der Waals surface area contributed by atoms with Crippen molar-refractivity contribution in [3.05, 3.63) is 29.3 Å². The lowest BCUT2D eigenvalue weighted by molar-refractivity contribution is 0.0578. The van der Waals surface area contributed by atoms with Crippen LogP contribution in [0, 0.1) is 5.92 Å². The van der Waals surface area contributed by atoms with Crippen molar-refractivity contribution < 1.29 is 9.53 Å². The van der Waals surface area contributed by atoms with Crippen LogP contribution in [0.1, 0.15) is 50.8 Å². The molecule has 1 aromatic carbocycles. The number of carbonyl (C=O) groups excluding carboxylic acids is 1. The number of benzene rings is 1. The van der Waals surface area contributed by atoms with Crippen molar-refractivity contribution in [1.29, 1.82) is 0 Å². The normalized spacial score (nSPS) is 24.3. The summed E-state index contributed by atoms with van der Waals surface area (Å²) in [5.74, 6) is 0.573. The highest BCUT2D eigenvalue weighted by Gasteiger charge is 2.32. The fourth-order valence-corrected chi connectivity index (χ4v) is 4.00. The van der Waals surface area contributed by atoms with Gasteiger partial charge in [-0.05, 0) is 76.7 Å². The molecule has 3 rings (SSSR count). The molecular weight excluding hydrogens is 314 g/mol. The van der Waals surface area contributed by atoms with Gasteiger partial charge in [0.1, 0.15) is 5.60 Å². The molecule has 0 aliphatic carbocycles. The fourth-order valence-electron chi connectivity index (χ4n) is 4.00. The molecule has 25 heavy (non-hydrogen) atoms. The topological polar surface area (TPSA) is 58.8 Å². The van der Waals surface area contributed by atoms with E-state index in [1.807, 2.05) is 20.8 Å². The molecule has 2 atom stereocenters. The number of ether oxygens (including phenoxy) is 1. The van der Waals surface area contributed by atoms with E-state index >= 15 is 0 Å². The Balaban J connectivity index is 1.82. The minimum Gasteiger partial charge on any atom is -0.443 e. The molecule has 2 aliphatic heterocycles. The first-order valence-electron chi connectivity index (χ1n) is 9.32. The molecule has 2 unspecified atom stereocenters. The van der Waals surface area contributed by atoms with Crippen LogP contribution in [-0.4, -0.2) is 43.3 Å². The van der Waals surface area contributed by atoms with Gasteiger partial charge in [-0.1, -0.05) is 12.1 Å². The molecular formula is C20H31N3O2. The van der Waals surface area contributed by atoms with E-state index in [4.69, 9.17) is 10.5 Å². The van der Waals surface area contributed by atoms with Crippen molar-refractivity contribution in [2.45, 2.75) is 51.7 Å². The molecule has 138 valence electrons. The minimum atomic E-state index is -0.474. The van der Waals surface area contributed by atoms with Crippen LogP contribution in [-0.2, 0) is 11.2 Å². The van der Waals surface area contributed by atoms with E-state index in [9.17, 15) is 4.79 Å². The summed E-state index contributed by atoms with van der Waals surface area (Å²) in [5.41, 5.74) is 8.98. The van der Waals surface area contributed by atoms with E-state index in [-0.39, 0.29) is 6.09 Å². The quantitative estimate of drug-likeness (QED) is 0.893. The van der Waals surface area contributed by atoms with E-state index in [1.165, 1.54) is 11.1 Å². The number of hydrogen-bond acceptors (Lipinski definition) is 4. The van der Waals surface area contributed by atoms with Gasteiger partial charge in [-0.25, -0.2) is 4.79 Å². The van der Waals surface area contributed by atoms with Crippen LogP contribution in [0.15, 0.2) is 18.2 Å². The molecule has 1 amide bonds. The second-order valence-electron chi connectivity index (χ2n) is 8.42. The summed E-state index contributed by atoms with van der Waals surface area (Å²) in [5, 5.41) is 0. The van der Waals surface area contributed by atoms with Gasteiger partial charge in [0.15, 0.2) is 0 Å². The van der Waals surface area contributed by atoms with Crippen molar-refractivity contribution in [3.63, 3.8) is 0 Å². The summed E-state index contributed by atoms with van der Waals surface area (Å²) in [4.78, 5) is 16.7. The largest absolute Gasteiger partial charge is 0.443 e. The van der Waals surface area contributed by atoms with Crippen LogP contribution in [0.4, 0.5) is 10.5 Å². The molecule has 0 saturated carbocycles. The number of fused-ring (bicyclic) bond motifs is 1. The van der Waals surface area contributed by atoms with Gasteiger partial charge in [-0.2, -0.15) is 0 Å². The first-order chi connectivity index (χ1) is 11.8. The molecule has 5 heteroatoms. The van der Waals surface area contributed by atoms with Crippen molar-refractivity contribution >= 4 is 11.8 Å². The molecule has 0 aromatic heterocycles. The molecule has 0 radical (unpaired) electrons. The highest BCUT2D eigenvalue weighted by molar-refractivity contribution is 5.89. The average molecular weight is 345 g/mol. The third kappa shape index (κ3) is 3.98. The molecule has 5 nitrogen and oxygen atoms in total. The number of aryl methyl sites for hydroxylation is 1. The van der Waals surface area contributed by atoms with Crippen LogP contribution in [0.25, 0.3) is 0 Å². The number of hydrogen-bond donors (Lipinski definition) is 1. The zero-order valence-corrected chi connectivity index (χ0v) is 15.9. The van der Waals surface area contributed by atoms with Crippen LogP contribution in [0.3, 0.4) is 0 Å². The average Bonchev–Trinajstić information content (AvgIpc) is 2.93. The molecule has 2 heterocycles. The highest BCUT2D eigenvalue weighted by Crippen LogP contribution is 2.37. The van der Waals surface area contributed by atoms with Crippen LogP contribution < -0.4 is 10.6 Å². The fraction of sp³-hybridized carbons (Fsp3) is 0.650. The van der Waals surface area contributed by atoms with Gasteiger partial charge in [0.25, 0.3) is 0 Å². The highest BCUT2D eigenvalue weighted by atomic mass is 16.6.